The zero-order chi connectivity index (χ0) is 15.7. The average molecular weight is 294 g/mol. The number of nitrogens with one attached hydrogen (secondary N) is 1. The maximum Gasteiger partial charge on any atom is 0.340 e. The van der Waals surface area contributed by atoms with E-state index in [0.29, 0.717) is 23.5 Å². The molecule has 118 valence electrons. The Morgan fingerprint density at radius 1 is 1.33 bits per heavy atom. The standard InChI is InChI=1S/C16H26N2O3/c1-4-20-16(19)13-8-7-9-14(17)15(13)18-10-5-6-11-21-12(2)3/h7-9,12,18H,4-6,10-11,17H2,1-3H3. The van der Waals surface area contributed by atoms with Crippen molar-refractivity contribution in [1.29, 1.82) is 0 Å². The third kappa shape index (κ3) is 6.04. The van der Waals surface area contributed by atoms with Crippen molar-refractivity contribution in [3.05, 3.63) is 23.8 Å². The largest absolute Gasteiger partial charge is 0.462 e. The minimum atomic E-state index is -0.351. The normalized spacial score (nSPS) is 10.7. The van der Waals surface area contributed by atoms with Crippen LogP contribution in [0.5, 0.6) is 0 Å². The molecule has 5 nitrogen and oxygen atoms in total. The van der Waals surface area contributed by atoms with Crippen LogP contribution in [0.2, 0.25) is 0 Å². The molecular weight excluding hydrogens is 268 g/mol. The summed E-state index contributed by atoms with van der Waals surface area (Å²) in [6.07, 6.45) is 2.17. The van der Waals surface area contributed by atoms with Gasteiger partial charge in [0.2, 0.25) is 0 Å². The highest BCUT2D eigenvalue weighted by atomic mass is 16.5. The summed E-state index contributed by atoms with van der Waals surface area (Å²) in [7, 11) is 0. The van der Waals surface area contributed by atoms with Gasteiger partial charge in [0.05, 0.1) is 29.6 Å². The molecule has 5 heteroatoms. The summed E-state index contributed by atoms with van der Waals surface area (Å²) in [6, 6.07) is 5.24. The molecule has 1 rings (SSSR count). The van der Waals surface area contributed by atoms with E-state index in [2.05, 4.69) is 5.32 Å². The number of anilines is 2. The fraction of sp³-hybridized carbons (Fsp3) is 0.562. The van der Waals surface area contributed by atoms with Gasteiger partial charge in [0, 0.05) is 13.2 Å². The van der Waals surface area contributed by atoms with E-state index >= 15 is 0 Å². The highest BCUT2D eigenvalue weighted by molar-refractivity contribution is 5.98. The van der Waals surface area contributed by atoms with Gasteiger partial charge in [-0.1, -0.05) is 6.07 Å². The first-order valence-electron chi connectivity index (χ1n) is 7.47. The number of carbonyl (C=O) groups excluding carboxylic acids is 1. The minimum Gasteiger partial charge on any atom is -0.462 e. The molecule has 0 heterocycles. The quantitative estimate of drug-likeness (QED) is 0.416. The molecule has 0 spiro atoms. The number of nitrogens with two attached hydrogens (primary N) is 1. The van der Waals surface area contributed by atoms with E-state index < -0.39 is 0 Å². The highest BCUT2D eigenvalue weighted by Gasteiger charge is 2.14. The number of unbranched alkanes of at least 4 members (excludes halogenated alkanes) is 1. The number of carbonyl (C=O) groups is 1. The lowest BCUT2D eigenvalue weighted by molar-refractivity contribution is 0.0527. The molecule has 0 bridgehead atoms. The SMILES string of the molecule is CCOC(=O)c1cccc(N)c1NCCCCOC(C)C. The van der Waals surface area contributed by atoms with Crippen molar-refractivity contribution in [1.82, 2.24) is 0 Å². The number of rotatable bonds is 9. The van der Waals surface area contributed by atoms with Crippen molar-refractivity contribution < 1.29 is 14.3 Å². The molecule has 0 amide bonds. The molecule has 1 aromatic rings. The predicted octanol–water partition coefficient (Wildman–Crippen LogP) is 3.06. The summed E-state index contributed by atoms with van der Waals surface area (Å²) in [5, 5.41) is 3.23. The Balaban J connectivity index is 2.52. The van der Waals surface area contributed by atoms with Gasteiger partial charge < -0.3 is 20.5 Å². The summed E-state index contributed by atoms with van der Waals surface area (Å²) in [5.41, 5.74) is 7.63. The molecule has 0 aliphatic rings. The van der Waals surface area contributed by atoms with Crippen LogP contribution in [0, 0.1) is 0 Å². The topological polar surface area (TPSA) is 73.6 Å². The van der Waals surface area contributed by atoms with Gasteiger partial charge in [-0.15, -0.1) is 0 Å². The Hall–Kier alpha value is -1.75. The number of nitrogen functional groups attached to an aromatic ring is 1. The van der Waals surface area contributed by atoms with Crippen LogP contribution in [0.4, 0.5) is 11.4 Å². The van der Waals surface area contributed by atoms with Crippen LogP contribution >= 0.6 is 0 Å². The second-order valence-electron chi connectivity index (χ2n) is 5.04. The molecule has 0 saturated heterocycles. The van der Waals surface area contributed by atoms with Crippen molar-refractivity contribution >= 4 is 17.3 Å². The lowest BCUT2D eigenvalue weighted by Gasteiger charge is -2.14. The monoisotopic (exact) mass is 294 g/mol. The first-order valence-corrected chi connectivity index (χ1v) is 7.47. The van der Waals surface area contributed by atoms with E-state index in [4.69, 9.17) is 15.2 Å². The summed E-state index contributed by atoms with van der Waals surface area (Å²) in [6.45, 7) is 7.66. The van der Waals surface area contributed by atoms with Crippen molar-refractivity contribution in [2.75, 3.05) is 30.8 Å². The van der Waals surface area contributed by atoms with Crippen LogP contribution in [0.3, 0.4) is 0 Å². The Labute approximate surface area is 126 Å². The van der Waals surface area contributed by atoms with Crippen molar-refractivity contribution in [2.24, 2.45) is 0 Å². The number of hydrogen-bond donors (Lipinski definition) is 2. The lowest BCUT2D eigenvalue weighted by atomic mass is 10.1. The molecule has 0 fully saturated rings. The third-order valence-electron chi connectivity index (χ3n) is 2.92. The van der Waals surface area contributed by atoms with Gasteiger partial charge in [0.15, 0.2) is 0 Å². The van der Waals surface area contributed by atoms with Crippen LogP contribution in [0.25, 0.3) is 0 Å². The Kier molecular flexibility index (Phi) is 7.61. The van der Waals surface area contributed by atoms with E-state index in [0.717, 1.165) is 26.0 Å². The van der Waals surface area contributed by atoms with Gasteiger partial charge in [-0.05, 0) is 45.7 Å². The Bertz CT molecular complexity index is 447. The van der Waals surface area contributed by atoms with Crippen molar-refractivity contribution in [3.8, 4) is 0 Å². The van der Waals surface area contributed by atoms with E-state index in [1.807, 2.05) is 13.8 Å². The van der Waals surface area contributed by atoms with E-state index in [1.165, 1.54) is 0 Å². The van der Waals surface area contributed by atoms with Gasteiger partial charge in [-0.25, -0.2) is 4.79 Å². The highest BCUT2D eigenvalue weighted by Crippen LogP contribution is 2.24. The Morgan fingerprint density at radius 3 is 2.76 bits per heavy atom. The molecule has 0 unspecified atom stereocenters. The first kappa shape index (κ1) is 17.3. The van der Waals surface area contributed by atoms with E-state index in [-0.39, 0.29) is 12.1 Å². The summed E-state index contributed by atoms with van der Waals surface area (Å²) in [5.74, 6) is -0.351. The Morgan fingerprint density at radius 2 is 2.10 bits per heavy atom. The molecule has 3 N–H and O–H groups in total. The second-order valence-corrected chi connectivity index (χ2v) is 5.04. The second kappa shape index (κ2) is 9.23. The smallest absolute Gasteiger partial charge is 0.340 e. The number of ether oxygens (including phenoxy) is 2. The van der Waals surface area contributed by atoms with Crippen LogP contribution in [0.1, 0.15) is 44.0 Å². The molecule has 0 aromatic heterocycles. The zero-order valence-electron chi connectivity index (χ0n) is 13.1. The third-order valence-corrected chi connectivity index (χ3v) is 2.92. The lowest BCUT2D eigenvalue weighted by Crippen LogP contribution is -2.13. The fourth-order valence-electron chi connectivity index (χ4n) is 1.91. The first-order chi connectivity index (χ1) is 10.1. The van der Waals surface area contributed by atoms with Crippen LogP contribution in [0.15, 0.2) is 18.2 Å². The molecule has 0 radical (unpaired) electrons. The van der Waals surface area contributed by atoms with Crippen LogP contribution < -0.4 is 11.1 Å². The summed E-state index contributed by atoms with van der Waals surface area (Å²) >= 11 is 0. The average Bonchev–Trinajstić information content (AvgIpc) is 2.43. The van der Waals surface area contributed by atoms with Gasteiger partial charge in [0.1, 0.15) is 0 Å². The van der Waals surface area contributed by atoms with E-state index in [1.54, 1.807) is 25.1 Å². The zero-order valence-corrected chi connectivity index (χ0v) is 13.1. The van der Waals surface area contributed by atoms with E-state index in [9.17, 15) is 4.79 Å². The fourth-order valence-corrected chi connectivity index (χ4v) is 1.91. The van der Waals surface area contributed by atoms with Crippen LogP contribution in [-0.4, -0.2) is 31.8 Å². The van der Waals surface area contributed by atoms with Crippen molar-refractivity contribution in [2.45, 2.75) is 39.7 Å². The van der Waals surface area contributed by atoms with Gasteiger partial charge in [0.25, 0.3) is 0 Å². The predicted molar refractivity (Wildman–Crippen MR) is 85.6 cm³/mol. The summed E-state index contributed by atoms with van der Waals surface area (Å²) < 4.78 is 10.5. The van der Waals surface area contributed by atoms with Crippen molar-refractivity contribution in [3.63, 3.8) is 0 Å². The molecule has 0 aliphatic carbocycles. The number of esters is 1. The molecule has 21 heavy (non-hydrogen) atoms. The molecule has 0 saturated carbocycles. The molecule has 1 aromatic carbocycles. The number of hydrogen-bond acceptors (Lipinski definition) is 5. The number of para-hydroxylation sites is 1. The van der Waals surface area contributed by atoms with Crippen LogP contribution in [-0.2, 0) is 9.47 Å². The minimum absolute atomic E-state index is 0.262. The molecule has 0 atom stereocenters. The molecule has 0 aliphatic heterocycles. The van der Waals surface area contributed by atoms with Gasteiger partial charge >= 0.3 is 5.97 Å². The number of benzene rings is 1. The molecular formula is C16H26N2O3. The maximum absolute atomic E-state index is 11.9. The maximum atomic E-state index is 11.9. The summed E-state index contributed by atoms with van der Waals surface area (Å²) in [4.78, 5) is 11.9. The van der Waals surface area contributed by atoms with Gasteiger partial charge in [-0.3, -0.25) is 0 Å². The van der Waals surface area contributed by atoms with Gasteiger partial charge in [-0.2, -0.15) is 0 Å².